The number of nitrogens with one attached hydrogen (secondary N) is 1. The molecule has 0 spiro atoms. The monoisotopic (exact) mass is 267 g/mol. The van der Waals surface area contributed by atoms with E-state index in [-0.39, 0.29) is 24.6 Å². The summed E-state index contributed by atoms with van der Waals surface area (Å²) in [5, 5.41) is 12.7. The number of hydrogen-bond acceptors (Lipinski definition) is 4. The maximum atomic E-state index is 9.19. The summed E-state index contributed by atoms with van der Waals surface area (Å²) in [6.45, 7) is 6.35. The molecule has 108 valence electrons. The van der Waals surface area contributed by atoms with Crippen molar-refractivity contribution in [3.63, 3.8) is 0 Å². The minimum absolute atomic E-state index is 0.119. The van der Waals surface area contributed by atoms with E-state index in [4.69, 9.17) is 9.47 Å². The Balaban J connectivity index is 2.88. The van der Waals surface area contributed by atoms with Crippen molar-refractivity contribution in [2.45, 2.75) is 32.9 Å². The molecule has 19 heavy (non-hydrogen) atoms. The molecule has 0 aliphatic carbocycles. The van der Waals surface area contributed by atoms with Crippen LogP contribution in [0.1, 0.15) is 32.4 Å². The fraction of sp³-hybridized carbons (Fsp3) is 0.600. The van der Waals surface area contributed by atoms with Crippen molar-refractivity contribution >= 4 is 0 Å². The maximum absolute atomic E-state index is 9.19. The van der Waals surface area contributed by atoms with Crippen molar-refractivity contribution in [3.05, 3.63) is 23.8 Å². The van der Waals surface area contributed by atoms with Crippen LogP contribution in [-0.4, -0.2) is 32.0 Å². The van der Waals surface area contributed by atoms with E-state index in [1.165, 1.54) is 0 Å². The van der Waals surface area contributed by atoms with E-state index in [1.54, 1.807) is 14.2 Å². The molecule has 0 radical (unpaired) electrons. The van der Waals surface area contributed by atoms with Gasteiger partial charge in [-0.2, -0.15) is 0 Å². The highest BCUT2D eigenvalue weighted by molar-refractivity contribution is 5.42. The predicted molar refractivity (Wildman–Crippen MR) is 76.8 cm³/mol. The molecule has 0 aliphatic heterocycles. The van der Waals surface area contributed by atoms with E-state index in [9.17, 15) is 5.11 Å². The van der Waals surface area contributed by atoms with Gasteiger partial charge in [-0.25, -0.2) is 0 Å². The van der Waals surface area contributed by atoms with Gasteiger partial charge in [0.05, 0.1) is 14.2 Å². The minimum atomic E-state index is 0.119. The number of benzene rings is 1. The van der Waals surface area contributed by atoms with Crippen LogP contribution in [0.25, 0.3) is 0 Å². The molecule has 0 bridgehead atoms. The van der Waals surface area contributed by atoms with Gasteiger partial charge in [0.1, 0.15) is 11.5 Å². The van der Waals surface area contributed by atoms with Crippen LogP contribution in [0.3, 0.4) is 0 Å². The fourth-order valence-electron chi connectivity index (χ4n) is 1.98. The second-order valence-electron chi connectivity index (χ2n) is 4.94. The van der Waals surface area contributed by atoms with Crippen LogP contribution >= 0.6 is 0 Å². The molecule has 3 atom stereocenters. The zero-order valence-electron chi connectivity index (χ0n) is 12.4. The second kappa shape index (κ2) is 7.36. The number of aliphatic hydroxyl groups is 1. The number of rotatable bonds is 7. The third kappa shape index (κ3) is 4.11. The smallest absolute Gasteiger partial charge is 0.123 e. The van der Waals surface area contributed by atoms with E-state index in [2.05, 4.69) is 19.2 Å². The van der Waals surface area contributed by atoms with Gasteiger partial charge in [-0.3, -0.25) is 0 Å². The van der Waals surface area contributed by atoms with Crippen LogP contribution in [0.2, 0.25) is 0 Å². The van der Waals surface area contributed by atoms with Gasteiger partial charge in [-0.05, 0) is 38.0 Å². The molecule has 0 fully saturated rings. The molecule has 4 heteroatoms. The van der Waals surface area contributed by atoms with Gasteiger partial charge >= 0.3 is 0 Å². The van der Waals surface area contributed by atoms with Crippen molar-refractivity contribution < 1.29 is 14.6 Å². The van der Waals surface area contributed by atoms with E-state index in [0.717, 1.165) is 17.1 Å². The average molecular weight is 267 g/mol. The Kier molecular flexibility index (Phi) is 6.12. The third-order valence-corrected chi connectivity index (χ3v) is 3.56. The molecule has 0 amide bonds. The predicted octanol–water partition coefficient (Wildman–Crippen LogP) is 2.37. The fourth-order valence-corrected chi connectivity index (χ4v) is 1.98. The quantitative estimate of drug-likeness (QED) is 0.796. The van der Waals surface area contributed by atoms with Crippen LogP contribution in [0.15, 0.2) is 18.2 Å². The standard InChI is InChI=1S/C15H25NO3/c1-10(9-17)11(2)16-12(3)14-8-13(18-4)6-7-15(14)19-5/h6-8,10-12,16-17H,9H2,1-5H3/t10-,11-,12-/m0/s1. The Bertz CT molecular complexity index is 395. The van der Waals surface area contributed by atoms with Gasteiger partial charge in [-0.15, -0.1) is 0 Å². The SMILES string of the molecule is COc1ccc(OC)c([C@H](C)N[C@@H](C)[C@@H](C)CO)c1. The Morgan fingerprint density at radius 3 is 2.37 bits per heavy atom. The molecule has 0 aromatic heterocycles. The summed E-state index contributed by atoms with van der Waals surface area (Å²) in [5.41, 5.74) is 1.05. The van der Waals surface area contributed by atoms with E-state index < -0.39 is 0 Å². The Morgan fingerprint density at radius 1 is 1.16 bits per heavy atom. The van der Waals surface area contributed by atoms with E-state index in [1.807, 2.05) is 25.1 Å². The molecule has 0 saturated heterocycles. The largest absolute Gasteiger partial charge is 0.497 e. The summed E-state index contributed by atoms with van der Waals surface area (Å²) in [4.78, 5) is 0. The highest BCUT2D eigenvalue weighted by Crippen LogP contribution is 2.29. The maximum Gasteiger partial charge on any atom is 0.123 e. The molecule has 0 aliphatic rings. The minimum Gasteiger partial charge on any atom is -0.497 e. The topological polar surface area (TPSA) is 50.7 Å². The first kappa shape index (κ1) is 15.8. The van der Waals surface area contributed by atoms with E-state index in [0.29, 0.717) is 0 Å². The average Bonchev–Trinajstić information content (AvgIpc) is 2.45. The Hall–Kier alpha value is -1.26. The summed E-state index contributed by atoms with van der Waals surface area (Å²) in [7, 11) is 3.32. The highest BCUT2D eigenvalue weighted by Gasteiger charge is 2.18. The number of hydrogen-bond donors (Lipinski definition) is 2. The summed E-state index contributed by atoms with van der Waals surface area (Å²) in [5.74, 6) is 1.86. The Morgan fingerprint density at radius 2 is 1.84 bits per heavy atom. The van der Waals surface area contributed by atoms with Crippen molar-refractivity contribution in [1.82, 2.24) is 5.32 Å². The van der Waals surface area contributed by atoms with Crippen LogP contribution in [0, 0.1) is 5.92 Å². The zero-order valence-corrected chi connectivity index (χ0v) is 12.4. The van der Waals surface area contributed by atoms with Crippen molar-refractivity contribution in [1.29, 1.82) is 0 Å². The van der Waals surface area contributed by atoms with Gasteiger partial charge in [-0.1, -0.05) is 6.92 Å². The lowest BCUT2D eigenvalue weighted by atomic mass is 10.0. The molecule has 2 N–H and O–H groups in total. The van der Waals surface area contributed by atoms with Gasteiger partial charge in [0.25, 0.3) is 0 Å². The van der Waals surface area contributed by atoms with Gasteiger partial charge < -0.3 is 19.9 Å². The molecular weight excluding hydrogens is 242 g/mol. The summed E-state index contributed by atoms with van der Waals surface area (Å²) in [6, 6.07) is 6.11. The van der Waals surface area contributed by atoms with Crippen LogP contribution in [0.5, 0.6) is 11.5 Å². The molecule has 4 nitrogen and oxygen atoms in total. The number of aliphatic hydroxyl groups excluding tert-OH is 1. The molecule has 1 rings (SSSR count). The van der Waals surface area contributed by atoms with Crippen LogP contribution < -0.4 is 14.8 Å². The Labute approximate surface area is 115 Å². The zero-order chi connectivity index (χ0) is 14.4. The first-order chi connectivity index (χ1) is 9.03. The lowest BCUT2D eigenvalue weighted by Crippen LogP contribution is -2.35. The molecule has 1 aromatic carbocycles. The van der Waals surface area contributed by atoms with Crippen molar-refractivity contribution in [3.8, 4) is 11.5 Å². The first-order valence-corrected chi connectivity index (χ1v) is 6.62. The molecule has 0 unspecified atom stereocenters. The summed E-state index contributed by atoms with van der Waals surface area (Å²) < 4.78 is 10.6. The van der Waals surface area contributed by atoms with E-state index >= 15 is 0 Å². The highest BCUT2D eigenvalue weighted by atomic mass is 16.5. The van der Waals surface area contributed by atoms with Gasteiger partial charge in [0.2, 0.25) is 0 Å². The molecule has 0 saturated carbocycles. The number of ether oxygens (including phenoxy) is 2. The lowest BCUT2D eigenvalue weighted by molar-refractivity contribution is 0.202. The lowest BCUT2D eigenvalue weighted by Gasteiger charge is -2.25. The molecule has 1 aromatic rings. The van der Waals surface area contributed by atoms with Crippen LogP contribution in [-0.2, 0) is 0 Å². The van der Waals surface area contributed by atoms with Gasteiger partial charge in [0.15, 0.2) is 0 Å². The number of methoxy groups -OCH3 is 2. The summed E-state index contributed by atoms with van der Waals surface area (Å²) >= 11 is 0. The molecule has 0 heterocycles. The third-order valence-electron chi connectivity index (χ3n) is 3.56. The van der Waals surface area contributed by atoms with Crippen molar-refractivity contribution in [2.75, 3.05) is 20.8 Å². The van der Waals surface area contributed by atoms with Gasteiger partial charge in [0, 0.05) is 24.3 Å². The normalized spacial score (nSPS) is 15.7. The molecular formula is C15H25NO3. The summed E-state index contributed by atoms with van der Waals surface area (Å²) in [6.07, 6.45) is 0. The second-order valence-corrected chi connectivity index (χ2v) is 4.94. The van der Waals surface area contributed by atoms with Crippen LogP contribution in [0.4, 0.5) is 0 Å². The first-order valence-electron chi connectivity index (χ1n) is 6.62. The van der Waals surface area contributed by atoms with Crippen molar-refractivity contribution in [2.24, 2.45) is 5.92 Å².